The van der Waals surface area contributed by atoms with Crippen LogP contribution in [-0.4, -0.2) is 27.5 Å². The third-order valence-corrected chi connectivity index (χ3v) is 5.27. The molecule has 0 spiro atoms. The van der Waals surface area contributed by atoms with Crippen molar-refractivity contribution in [2.45, 2.75) is 38.0 Å². The van der Waals surface area contributed by atoms with Gasteiger partial charge in [0, 0.05) is 17.8 Å². The van der Waals surface area contributed by atoms with Crippen LogP contribution in [0.25, 0.3) is 0 Å². The van der Waals surface area contributed by atoms with Crippen molar-refractivity contribution in [2.24, 2.45) is 0 Å². The molecule has 0 bridgehead atoms. The van der Waals surface area contributed by atoms with Crippen molar-refractivity contribution in [1.29, 1.82) is 0 Å². The third kappa shape index (κ3) is 6.29. The number of hydrogen-bond donors (Lipinski definition) is 2. The first-order valence-electron chi connectivity index (χ1n) is 9.10. The average Bonchev–Trinajstić information content (AvgIpc) is 2.67. The molecule has 0 fully saturated rings. The molecule has 6 nitrogen and oxygen atoms in total. The Balaban J connectivity index is 2.08. The zero-order valence-corrected chi connectivity index (χ0v) is 16.5. The molecular formula is C20H26N2O4S. The van der Waals surface area contributed by atoms with Gasteiger partial charge in [0.15, 0.2) is 0 Å². The van der Waals surface area contributed by atoms with Crippen molar-refractivity contribution in [1.82, 2.24) is 5.32 Å². The van der Waals surface area contributed by atoms with E-state index in [0.717, 1.165) is 19.3 Å². The van der Waals surface area contributed by atoms with E-state index in [0.29, 0.717) is 30.2 Å². The minimum absolute atomic E-state index is 0.0394. The summed E-state index contributed by atoms with van der Waals surface area (Å²) >= 11 is 0. The fourth-order valence-electron chi connectivity index (χ4n) is 2.48. The number of carbonyl (C=O) groups is 1. The van der Waals surface area contributed by atoms with Crippen molar-refractivity contribution in [3.05, 3.63) is 54.1 Å². The Morgan fingerprint density at radius 2 is 1.78 bits per heavy atom. The molecule has 0 saturated carbocycles. The minimum Gasteiger partial charge on any atom is -0.494 e. The summed E-state index contributed by atoms with van der Waals surface area (Å²) in [5.41, 5.74) is 0.744. The van der Waals surface area contributed by atoms with Crippen LogP contribution in [0.15, 0.2) is 53.4 Å². The van der Waals surface area contributed by atoms with Gasteiger partial charge in [-0.3, -0.25) is 9.52 Å². The van der Waals surface area contributed by atoms with Crippen LogP contribution < -0.4 is 14.8 Å². The Bertz CT molecular complexity index is 849. The highest BCUT2D eigenvalue weighted by Crippen LogP contribution is 2.20. The first-order valence-corrected chi connectivity index (χ1v) is 10.6. The Hall–Kier alpha value is -2.54. The maximum Gasteiger partial charge on any atom is 0.261 e. The number of benzene rings is 2. The highest BCUT2D eigenvalue weighted by molar-refractivity contribution is 7.92. The molecule has 146 valence electrons. The molecule has 0 saturated heterocycles. The van der Waals surface area contributed by atoms with Crippen LogP contribution >= 0.6 is 0 Å². The van der Waals surface area contributed by atoms with E-state index in [2.05, 4.69) is 17.0 Å². The van der Waals surface area contributed by atoms with Gasteiger partial charge in [-0.05, 0) is 55.8 Å². The van der Waals surface area contributed by atoms with Crippen LogP contribution in [0, 0.1) is 0 Å². The molecule has 0 radical (unpaired) electrons. The number of anilines is 1. The first kappa shape index (κ1) is 20.8. The molecule has 0 aliphatic heterocycles. The van der Waals surface area contributed by atoms with E-state index in [-0.39, 0.29) is 10.8 Å². The number of carbonyl (C=O) groups excluding carboxylic acids is 1. The maximum atomic E-state index is 12.6. The Labute approximate surface area is 161 Å². The maximum absolute atomic E-state index is 12.6. The summed E-state index contributed by atoms with van der Waals surface area (Å²) in [6, 6.07) is 12.7. The normalized spacial score (nSPS) is 11.0. The van der Waals surface area contributed by atoms with E-state index >= 15 is 0 Å². The fourth-order valence-corrected chi connectivity index (χ4v) is 3.59. The molecular weight excluding hydrogens is 364 g/mol. The molecule has 2 N–H and O–H groups in total. The van der Waals surface area contributed by atoms with Gasteiger partial charge in [0.1, 0.15) is 5.75 Å². The molecule has 0 unspecified atom stereocenters. The summed E-state index contributed by atoms with van der Waals surface area (Å²) in [4.78, 5) is 12.2. The number of nitrogens with one attached hydrogen (secondary N) is 2. The quantitative estimate of drug-likeness (QED) is 0.604. The van der Waals surface area contributed by atoms with Gasteiger partial charge in [-0.1, -0.05) is 25.8 Å². The van der Waals surface area contributed by atoms with Gasteiger partial charge >= 0.3 is 0 Å². The molecule has 0 aliphatic carbocycles. The lowest BCUT2D eigenvalue weighted by atomic mass is 10.2. The standard InChI is InChI=1S/C20H26N2O4S/c1-3-5-6-14-21-20(23)16-8-7-9-19(15-16)27(24,25)22-17-10-12-18(13-11-17)26-4-2/h7-13,15,22H,3-6,14H2,1-2H3,(H,21,23). The van der Waals surface area contributed by atoms with Crippen LogP contribution in [-0.2, 0) is 10.0 Å². The largest absolute Gasteiger partial charge is 0.494 e. The van der Waals surface area contributed by atoms with E-state index in [4.69, 9.17) is 4.74 Å². The lowest BCUT2D eigenvalue weighted by Gasteiger charge is -2.10. The average molecular weight is 391 g/mol. The zero-order valence-electron chi connectivity index (χ0n) is 15.7. The highest BCUT2D eigenvalue weighted by atomic mass is 32.2. The van der Waals surface area contributed by atoms with Crippen molar-refractivity contribution < 1.29 is 17.9 Å². The molecule has 0 aromatic heterocycles. The number of sulfonamides is 1. The predicted octanol–water partition coefficient (Wildman–Crippen LogP) is 3.81. The SMILES string of the molecule is CCCCCNC(=O)c1cccc(S(=O)(=O)Nc2ccc(OCC)cc2)c1. The monoisotopic (exact) mass is 390 g/mol. The second kappa shape index (κ2) is 9.97. The molecule has 0 atom stereocenters. The van der Waals surface area contributed by atoms with E-state index in [1.807, 2.05) is 6.92 Å². The van der Waals surface area contributed by atoms with Crippen LogP contribution in [0.5, 0.6) is 5.75 Å². The molecule has 27 heavy (non-hydrogen) atoms. The zero-order chi connectivity index (χ0) is 19.7. The molecule has 0 aliphatic rings. The molecule has 0 heterocycles. The predicted molar refractivity (Wildman–Crippen MR) is 107 cm³/mol. The van der Waals surface area contributed by atoms with Crippen molar-refractivity contribution in [3.8, 4) is 5.75 Å². The number of hydrogen-bond acceptors (Lipinski definition) is 4. The Kier molecular flexibility index (Phi) is 7.67. The second-order valence-electron chi connectivity index (χ2n) is 6.05. The fraction of sp³-hybridized carbons (Fsp3) is 0.350. The molecule has 1 amide bonds. The van der Waals surface area contributed by atoms with Gasteiger partial charge in [-0.15, -0.1) is 0 Å². The van der Waals surface area contributed by atoms with Crippen LogP contribution in [0.1, 0.15) is 43.5 Å². The molecule has 2 rings (SSSR count). The number of unbranched alkanes of at least 4 members (excludes halogenated alkanes) is 2. The van der Waals surface area contributed by atoms with E-state index in [1.165, 1.54) is 12.1 Å². The first-order chi connectivity index (χ1) is 13.0. The summed E-state index contributed by atoms with van der Waals surface area (Å²) in [6.45, 7) is 5.09. The smallest absolute Gasteiger partial charge is 0.261 e. The van der Waals surface area contributed by atoms with Crippen molar-refractivity contribution in [3.63, 3.8) is 0 Å². The van der Waals surface area contributed by atoms with Gasteiger partial charge in [0.25, 0.3) is 15.9 Å². The van der Waals surface area contributed by atoms with Crippen LogP contribution in [0.2, 0.25) is 0 Å². The van der Waals surface area contributed by atoms with Crippen molar-refractivity contribution >= 4 is 21.6 Å². The summed E-state index contributed by atoms with van der Waals surface area (Å²) in [5.74, 6) is 0.395. The van der Waals surface area contributed by atoms with E-state index in [1.54, 1.807) is 36.4 Å². The van der Waals surface area contributed by atoms with Gasteiger partial charge in [-0.25, -0.2) is 8.42 Å². The van der Waals surface area contributed by atoms with Gasteiger partial charge in [-0.2, -0.15) is 0 Å². The minimum atomic E-state index is -3.79. The topological polar surface area (TPSA) is 84.5 Å². The van der Waals surface area contributed by atoms with Crippen molar-refractivity contribution in [2.75, 3.05) is 17.9 Å². The summed E-state index contributed by atoms with van der Waals surface area (Å²) in [6.07, 6.45) is 3.01. The van der Waals surface area contributed by atoms with Crippen LogP contribution in [0.4, 0.5) is 5.69 Å². The van der Waals surface area contributed by atoms with E-state index < -0.39 is 10.0 Å². The van der Waals surface area contributed by atoms with Gasteiger partial charge in [0.05, 0.1) is 11.5 Å². The summed E-state index contributed by atoms with van der Waals surface area (Å²) < 4.78 is 33.1. The second-order valence-corrected chi connectivity index (χ2v) is 7.74. The Morgan fingerprint density at radius 1 is 1.04 bits per heavy atom. The summed E-state index contributed by atoms with van der Waals surface area (Å²) in [7, 11) is -3.79. The van der Waals surface area contributed by atoms with Gasteiger partial charge < -0.3 is 10.1 Å². The highest BCUT2D eigenvalue weighted by Gasteiger charge is 2.16. The lowest BCUT2D eigenvalue weighted by Crippen LogP contribution is -2.24. The molecule has 7 heteroatoms. The number of ether oxygens (including phenoxy) is 1. The summed E-state index contributed by atoms with van der Waals surface area (Å²) in [5, 5.41) is 2.81. The Morgan fingerprint density at radius 3 is 2.44 bits per heavy atom. The van der Waals surface area contributed by atoms with E-state index in [9.17, 15) is 13.2 Å². The molecule has 2 aromatic carbocycles. The third-order valence-electron chi connectivity index (χ3n) is 3.89. The number of amides is 1. The lowest BCUT2D eigenvalue weighted by molar-refractivity contribution is 0.0952. The van der Waals surface area contributed by atoms with Gasteiger partial charge in [0.2, 0.25) is 0 Å². The van der Waals surface area contributed by atoms with Crippen LogP contribution in [0.3, 0.4) is 0 Å². The number of rotatable bonds is 10. The molecule has 2 aromatic rings.